The van der Waals surface area contributed by atoms with Crippen LogP contribution in [0.2, 0.25) is 5.02 Å². The lowest BCUT2D eigenvalue weighted by Crippen LogP contribution is -2.25. The van der Waals surface area contributed by atoms with Gasteiger partial charge in [0.15, 0.2) is 10.7 Å². The molecule has 0 fully saturated rings. The number of nitrogens with zero attached hydrogens (tertiary/aromatic N) is 2. The van der Waals surface area contributed by atoms with Crippen molar-refractivity contribution in [1.82, 2.24) is 9.38 Å². The first-order chi connectivity index (χ1) is 13.5. The number of rotatable bonds is 4. The number of anilines is 1. The number of thiazole rings is 1. The number of nitrogens with one attached hydrogen (secondary N) is 1. The first kappa shape index (κ1) is 18.2. The van der Waals surface area contributed by atoms with Crippen molar-refractivity contribution in [3.05, 3.63) is 86.7 Å². The van der Waals surface area contributed by atoms with Gasteiger partial charge in [0, 0.05) is 22.8 Å². The van der Waals surface area contributed by atoms with Crippen LogP contribution < -0.4 is 15.6 Å². The number of ether oxygens (including phenoxy) is 1. The smallest absolute Gasteiger partial charge is 0.271 e. The quantitative estimate of drug-likeness (QED) is 0.525. The van der Waals surface area contributed by atoms with E-state index in [2.05, 4.69) is 10.3 Å². The van der Waals surface area contributed by atoms with E-state index in [1.807, 2.05) is 31.2 Å². The molecule has 0 aliphatic rings. The van der Waals surface area contributed by atoms with Crippen LogP contribution in [0, 0.1) is 6.92 Å². The highest BCUT2D eigenvalue weighted by Gasteiger charge is 2.16. The second kappa shape index (κ2) is 7.46. The number of carbonyl (C=O) groups excluding carboxylic acids is 1. The van der Waals surface area contributed by atoms with Gasteiger partial charge in [-0.2, -0.15) is 0 Å². The van der Waals surface area contributed by atoms with E-state index < -0.39 is 11.5 Å². The van der Waals surface area contributed by atoms with Gasteiger partial charge in [-0.15, -0.1) is 11.3 Å². The van der Waals surface area contributed by atoms with Crippen LogP contribution in [0.25, 0.3) is 4.96 Å². The average molecular weight is 412 g/mol. The molecule has 28 heavy (non-hydrogen) atoms. The van der Waals surface area contributed by atoms with Crippen LogP contribution in [-0.4, -0.2) is 15.3 Å². The number of benzene rings is 2. The number of hydrogen-bond donors (Lipinski definition) is 1. The Bertz CT molecular complexity index is 1230. The van der Waals surface area contributed by atoms with Crippen molar-refractivity contribution in [3.8, 4) is 11.5 Å². The predicted molar refractivity (Wildman–Crippen MR) is 110 cm³/mol. The number of hydrogen-bond acceptors (Lipinski definition) is 5. The monoisotopic (exact) mass is 411 g/mol. The van der Waals surface area contributed by atoms with E-state index in [1.165, 1.54) is 21.9 Å². The number of aryl methyl sites for hydroxylation is 1. The second-order valence-electron chi connectivity index (χ2n) is 6.04. The molecule has 0 atom stereocenters. The maximum Gasteiger partial charge on any atom is 0.271 e. The number of aromatic nitrogens is 2. The zero-order valence-corrected chi connectivity index (χ0v) is 16.3. The fraction of sp³-hybridized carbons (Fsp3) is 0.0500. The zero-order chi connectivity index (χ0) is 19.7. The normalized spacial score (nSPS) is 10.8. The summed E-state index contributed by atoms with van der Waals surface area (Å²) in [6, 6.07) is 12.4. The molecule has 2 aromatic carbocycles. The van der Waals surface area contributed by atoms with Crippen LogP contribution in [0.3, 0.4) is 0 Å². The molecule has 0 spiro atoms. The van der Waals surface area contributed by atoms with Gasteiger partial charge in [0.1, 0.15) is 11.3 Å². The summed E-state index contributed by atoms with van der Waals surface area (Å²) in [4.78, 5) is 29.9. The zero-order valence-electron chi connectivity index (χ0n) is 14.7. The third-order valence-corrected chi connectivity index (χ3v) is 5.03. The van der Waals surface area contributed by atoms with Crippen molar-refractivity contribution in [1.29, 1.82) is 0 Å². The minimum atomic E-state index is -0.589. The number of halogens is 1. The molecule has 2 aromatic heterocycles. The Morgan fingerprint density at radius 3 is 2.79 bits per heavy atom. The topological polar surface area (TPSA) is 72.7 Å². The van der Waals surface area contributed by atoms with E-state index in [0.29, 0.717) is 27.2 Å². The number of amides is 1. The van der Waals surface area contributed by atoms with E-state index in [1.54, 1.807) is 29.8 Å². The van der Waals surface area contributed by atoms with Crippen molar-refractivity contribution in [2.45, 2.75) is 6.92 Å². The molecule has 2 heterocycles. The highest BCUT2D eigenvalue weighted by atomic mass is 35.5. The molecule has 0 unspecified atom stereocenters. The first-order valence-electron chi connectivity index (χ1n) is 8.31. The van der Waals surface area contributed by atoms with E-state index in [0.717, 1.165) is 5.56 Å². The summed E-state index contributed by atoms with van der Waals surface area (Å²) < 4.78 is 7.21. The Morgan fingerprint density at radius 2 is 2.00 bits per heavy atom. The van der Waals surface area contributed by atoms with Gasteiger partial charge in [0.2, 0.25) is 0 Å². The summed E-state index contributed by atoms with van der Waals surface area (Å²) in [7, 11) is 0. The lowest BCUT2D eigenvalue weighted by Gasteiger charge is -2.13. The van der Waals surface area contributed by atoms with Gasteiger partial charge in [-0.25, -0.2) is 4.98 Å². The van der Waals surface area contributed by atoms with Gasteiger partial charge >= 0.3 is 0 Å². The molecular formula is C20H14ClN3O3S. The summed E-state index contributed by atoms with van der Waals surface area (Å²) in [5, 5.41) is 4.86. The van der Waals surface area contributed by atoms with Crippen molar-refractivity contribution in [2.75, 3.05) is 5.32 Å². The molecule has 6 nitrogen and oxygen atoms in total. The van der Waals surface area contributed by atoms with Gasteiger partial charge in [-0.1, -0.05) is 29.3 Å². The van der Waals surface area contributed by atoms with Crippen LogP contribution >= 0.6 is 22.9 Å². The molecule has 8 heteroatoms. The van der Waals surface area contributed by atoms with Crippen molar-refractivity contribution < 1.29 is 9.53 Å². The SMILES string of the molecule is Cc1ccc(Oc2ccc(Cl)cc2NC(=O)c2cnc3sccn3c2=O)cc1. The van der Waals surface area contributed by atoms with Gasteiger partial charge in [-0.05, 0) is 37.3 Å². The van der Waals surface area contributed by atoms with Crippen molar-refractivity contribution >= 4 is 39.5 Å². The molecule has 0 saturated carbocycles. The summed E-state index contributed by atoms with van der Waals surface area (Å²) in [5.74, 6) is 0.435. The van der Waals surface area contributed by atoms with Gasteiger partial charge in [0.05, 0.1) is 5.69 Å². The summed E-state index contributed by atoms with van der Waals surface area (Å²) in [5.41, 5.74) is 0.950. The number of fused-ring (bicyclic) bond motifs is 1. The molecular weight excluding hydrogens is 398 g/mol. The lowest BCUT2D eigenvalue weighted by atomic mass is 10.2. The van der Waals surface area contributed by atoms with Crippen LogP contribution in [0.1, 0.15) is 15.9 Å². The van der Waals surface area contributed by atoms with Gasteiger partial charge in [-0.3, -0.25) is 14.0 Å². The minimum absolute atomic E-state index is 0.0721. The molecule has 0 saturated heterocycles. The molecule has 1 N–H and O–H groups in total. The molecule has 140 valence electrons. The van der Waals surface area contributed by atoms with E-state index >= 15 is 0 Å². The molecule has 0 bridgehead atoms. The van der Waals surface area contributed by atoms with Crippen LogP contribution in [0.15, 0.2) is 65.0 Å². The summed E-state index contributed by atoms with van der Waals surface area (Å²) in [6.45, 7) is 1.98. The van der Waals surface area contributed by atoms with E-state index in [9.17, 15) is 9.59 Å². The van der Waals surface area contributed by atoms with Crippen molar-refractivity contribution in [2.24, 2.45) is 0 Å². The number of carbonyl (C=O) groups is 1. The van der Waals surface area contributed by atoms with Gasteiger partial charge in [0.25, 0.3) is 11.5 Å². The Labute approximate surface area is 169 Å². The predicted octanol–water partition coefficient (Wildman–Crippen LogP) is 4.76. The summed E-state index contributed by atoms with van der Waals surface area (Å²) in [6.07, 6.45) is 2.85. The molecule has 0 aliphatic carbocycles. The highest BCUT2D eigenvalue weighted by molar-refractivity contribution is 7.15. The molecule has 0 aliphatic heterocycles. The Kier molecular flexibility index (Phi) is 4.85. The molecule has 4 rings (SSSR count). The molecule has 4 aromatic rings. The van der Waals surface area contributed by atoms with Crippen LogP contribution in [0.5, 0.6) is 11.5 Å². The van der Waals surface area contributed by atoms with E-state index in [4.69, 9.17) is 16.3 Å². The fourth-order valence-corrected chi connectivity index (χ4v) is 3.44. The highest BCUT2D eigenvalue weighted by Crippen LogP contribution is 2.32. The fourth-order valence-electron chi connectivity index (χ4n) is 2.59. The maximum atomic E-state index is 12.7. The Hall–Kier alpha value is -3.16. The largest absolute Gasteiger partial charge is 0.455 e. The van der Waals surface area contributed by atoms with Gasteiger partial charge < -0.3 is 10.1 Å². The molecule has 1 amide bonds. The lowest BCUT2D eigenvalue weighted by molar-refractivity contribution is 0.102. The Morgan fingerprint density at radius 1 is 1.21 bits per heavy atom. The third kappa shape index (κ3) is 3.62. The minimum Gasteiger partial charge on any atom is -0.455 e. The third-order valence-electron chi connectivity index (χ3n) is 4.03. The average Bonchev–Trinajstić information content (AvgIpc) is 3.15. The standard InChI is InChI=1S/C20H14ClN3O3S/c1-12-2-5-14(6-3-12)27-17-7-4-13(21)10-16(17)23-18(25)15-11-22-20-24(19(15)26)8-9-28-20/h2-11H,1H3,(H,23,25). The first-order valence-corrected chi connectivity index (χ1v) is 9.57. The van der Waals surface area contributed by atoms with Crippen molar-refractivity contribution in [3.63, 3.8) is 0 Å². The Balaban J connectivity index is 1.65. The summed E-state index contributed by atoms with van der Waals surface area (Å²) >= 11 is 7.40. The molecule has 0 radical (unpaired) electrons. The van der Waals surface area contributed by atoms with Crippen LogP contribution in [-0.2, 0) is 0 Å². The maximum absolute atomic E-state index is 12.7. The second-order valence-corrected chi connectivity index (χ2v) is 7.35. The van der Waals surface area contributed by atoms with E-state index in [-0.39, 0.29) is 5.56 Å². The van der Waals surface area contributed by atoms with Crippen LogP contribution in [0.4, 0.5) is 5.69 Å².